The molecule has 1 aliphatic heterocycles. The predicted octanol–water partition coefficient (Wildman–Crippen LogP) is 4.20. The summed E-state index contributed by atoms with van der Waals surface area (Å²) in [5, 5.41) is 4.48. The van der Waals surface area contributed by atoms with E-state index in [9.17, 15) is 4.79 Å². The van der Waals surface area contributed by atoms with Crippen molar-refractivity contribution in [1.29, 1.82) is 0 Å². The largest absolute Gasteiger partial charge is 0.489 e. The Labute approximate surface area is 168 Å². The third-order valence-corrected chi connectivity index (χ3v) is 5.34. The number of nitrogens with zero attached hydrogens (tertiary/aromatic N) is 1. The highest BCUT2D eigenvalue weighted by molar-refractivity contribution is 5.84. The molecule has 5 nitrogen and oxygen atoms in total. The Morgan fingerprint density at radius 1 is 1.07 bits per heavy atom. The molecule has 0 aliphatic carbocycles. The molecule has 5 rings (SSSR count). The minimum atomic E-state index is -0.119. The van der Waals surface area contributed by atoms with Gasteiger partial charge in [-0.2, -0.15) is 0 Å². The van der Waals surface area contributed by atoms with Crippen molar-refractivity contribution in [2.24, 2.45) is 0 Å². The highest BCUT2D eigenvalue weighted by Gasteiger charge is 2.17. The minimum Gasteiger partial charge on any atom is -0.489 e. The van der Waals surface area contributed by atoms with Gasteiger partial charge in [-0.05, 0) is 49.2 Å². The van der Waals surface area contributed by atoms with Gasteiger partial charge in [-0.1, -0.05) is 30.3 Å². The lowest BCUT2D eigenvalue weighted by Crippen LogP contribution is -2.16. The summed E-state index contributed by atoms with van der Waals surface area (Å²) in [6, 6.07) is 19.2. The van der Waals surface area contributed by atoms with E-state index in [1.54, 1.807) is 10.8 Å². The number of rotatable bonds is 4. The fourth-order valence-electron chi connectivity index (χ4n) is 3.85. The van der Waals surface area contributed by atoms with Crippen LogP contribution in [0.5, 0.6) is 5.75 Å². The van der Waals surface area contributed by atoms with Crippen LogP contribution in [0.3, 0.4) is 0 Å². The van der Waals surface area contributed by atoms with Crippen LogP contribution in [0, 0.1) is 0 Å². The van der Waals surface area contributed by atoms with Crippen LogP contribution in [-0.2, 0) is 19.6 Å². The van der Waals surface area contributed by atoms with E-state index in [1.165, 1.54) is 11.6 Å². The van der Waals surface area contributed by atoms with Crippen molar-refractivity contribution in [1.82, 2.24) is 9.88 Å². The number of furan rings is 1. The van der Waals surface area contributed by atoms with E-state index in [0.717, 1.165) is 53.9 Å². The van der Waals surface area contributed by atoms with E-state index in [1.807, 2.05) is 48.5 Å². The van der Waals surface area contributed by atoms with Gasteiger partial charge < -0.3 is 14.5 Å². The van der Waals surface area contributed by atoms with Crippen molar-refractivity contribution >= 4 is 11.0 Å². The summed E-state index contributed by atoms with van der Waals surface area (Å²) < 4.78 is 13.4. The van der Waals surface area contributed by atoms with Gasteiger partial charge in [0.15, 0.2) is 0 Å². The van der Waals surface area contributed by atoms with Crippen LogP contribution in [0.25, 0.3) is 16.7 Å². The van der Waals surface area contributed by atoms with Gasteiger partial charge in [0.25, 0.3) is 5.56 Å². The van der Waals surface area contributed by atoms with Crippen LogP contribution >= 0.6 is 0 Å². The molecular formula is C24H22N2O3. The van der Waals surface area contributed by atoms with Crippen LogP contribution in [0.2, 0.25) is 0 Å². The molecule has 3 heterocycles. The zero-order valence-electron chi connectivity index (χ0n) is 16.1. The Morgan fingerprint density at radius 2 is 1.97 bits per heavy atom. The Balaban J connectivity index is 1.43. The zero-order valence-corrected chi connectivity index (χ0v) is 16.1. The first-order valence-electron chi connectivity index (χ1n) is 9.93. The molecule has 0 saturated heterocycles. The number of fused-ring (bicyclic) bond motifs is 3. The molecule has 146 valence electrons. The van der Waals surface area contributed by atoms with Crippen LogP contribution < -0.4 is 15.6 Å². The van der Waals surface area contributed by atoms with E-state index in [4.69, 9.17) is 9.15 Å². The highest BCUT2D eigenvalue weighted by atomic mass is 16.5. The van der Waals surface area contributed by atoms with E-state index in [0.29, 0.717) is 12.4 Å². The number of nitrogens with one attached hydrogen (secondary N) is 1. The normalized spacial score (nSPS) is 13.8. The second kappa shape index (κ2) is 7.60. The summed E-state index contributed by atoms with van der Waals surface area (Å²) in [6.07, 6.45) is 3.84. The Hall–Kier alpha value is -3.31. The molecule has 1 aliphatic rings. The van der Waals surface area contributed by atoms with Crippen molar-refractivity contribution < 1.29 is 9.15 Å². The van der Waals surface area contributed by atoms with Crippen LogP contribution in [0.1, 0.15) is 23.3 Å². The van der Waals surface area contributed by atoms with Gasteiger partial charge >= 0.3 is 0 Å². The second-order valence-electron chi connectivity index (χ2n) is 7.31. The fourth-order valence-corrected chi connectivity index (χ4v) is 3.85. The van der Waals surface area contributed by atoms with Crippen molar-refractivity contribution in [3.8, 4) is 11.4 Å². The van der Waals surface area contributed by atoms with Gasteiger partial charge in [0, 0.05) is 28.9 Å². The topological polar surface area (TPSA) is 56.4 Å². The number of aryl methyl sites for hydroxylation is 1. The lowest BCUT2D eigenvalue weighted by atomic mass is 10.1. The predicted molar refractivity (Wildman–Crippen MR) is 113 cm³/mol. The van der Waals surface area contributed by atoms with Crippen molar-refractivity contribution in [2.75, 3.05) is 6.54 Å². The van der Waals surface area contributed by atoms with Crippen LogP contribution in [0.15, 0.2) is 76.1 Å². The molecule has 0 spiro atoms. The Morgan fingerprint density at radius 3 is 2.83 bits per heavy atom. The van der Waals surface area contributed by atoms with Gasteiger partial charge in [-0.3, -0.25) is 9.36 Å². The second-order valence-corrected chi connectivity index (χ2v) is 7.31. The summed E-state index contributed by atoms with van der Waals surface area (Å²) in [7, 11) is 0. The zero-order chi connectivity index (χ0) is 19.6. The molecule has 2 aromatic heterocycles. The lowest BCUT2D eigenvalue weighted by Gasteiger charge is -2.09. The number of hydrogen-bond acceptors (Lipinski definition) is 4. The summed E-state index contributed by atoms with van der Waals surface area (Å²) >= 11 is 0. The first-order chi connectivity index (χ1) is 14.3. The minimum absolute atomic E-state index is 0.119. The molecule has 0 amide bonds. The van der Waals surface area contributed by atoms with E-state index < -0.39 is 0 Å². The van der Waals surface area contributed by atoms with E-state index >= 15 is 0 Å². The monoisotopic (exact) mass is 386 g/mol. The molecule has 0 saturated carbocycles. The average Bonchev–Trinajstić information content (AvgIpc) is 2.93. The molecule has 2 aromatic carbocycles. The number of pyridine rings is 1. The third-order valence-electron chi connectivity index (χ3n) is 5.34. The molecule has 5 heteroatoms. The first-order valence-corrected chi connectivity index (χ1v) is 9.93. The molecule has 0 bridgehead atoms. The SMILES string of the molecule is O=c1cc(OCc2ccccc2)ccn1-c1ccc2oc3c(c2c1)CCCNC3. The number of benzene rings is 2. The van der Waals surface area contributed by atoms with Crippen molar-refractivity contribution in [3.63, 3.8) is 0 Å². The molecular weight excluding hydrogens is 364 g/mol. The smallest absolute Gasteiger partial charge is 0.258 e. The molecule has 0 radical (unpaired) electrons. The maximum atomic E-state index is 12.7. The highest BCUT2D eigenvalue weighted by Crippen LogP contribution is 2.30. The number of ether oxygens (including phenoxy) is 1. The Kier molecular flexibility index (Phi) is 4.66. The van der Waals surface area contributed by atoms with Gasteiger partial charge in [-0.15, -0.1) is 0 Å². The van der Waals surface area contributed by atoms with Crippen molar-refractivity contribution in [2.45, 2.75) is 26.0 Å². The molecule has 0 atom stereocenters. The van der Waals surface area contributed by atoms with Crippen LogP contribution in [0.4, 0.5) is 0 Å². The summed E-state index contributed by atoms with van der Waals surface area (Å²) in [5.41, 5.74) is 3.90. The maximum absolute atomic E-state index is 12.7. The molecule has 29 heavy (non-hydrogen) atoms. The average molecular weight is 386 g/mol. The first kappa shape index (κ1) is 17.8. The number of aromatic nitrogens is 1. The molecule has 0 unspecified atom stereocenters. The van der Waals surface area contributed by atoms with Crippen molar-refractivity contribution in [3.05, 3.63) is 94.1 Å². The number of hydrogen-bond donors (Lipinski definition) is 1. The van der Waals surface area contributed by atoms with Gasteiger partial charge in [-0.25, -0.2) is 0 Å². The summed E-state index contributed by atoms with van der Waals surface area (Å²) in [6.45, 7) is 2.19. The summed E-state index contributed by atoms with van der Waals surface area (Å²) in [4.78, 5) is 12.7. The van der Waals surface area contributed by atoms with Gasteiger partial charge in [0.05, 0.1) is 6.54 Å². The van der Waals surface area contributed by atoms with E-state index in [2.05, 4.69) is 11.4 Å². The lowest BCUT2D eigenvalue weighted by molar-refractivity contribution is 0.305. The third kappa shape index (κ3) is 3.57. The van der Waals surface area contributed by atoms with Crippen LogP contribution in [-0.4, -0.2) is 11.1 Å². The Bertz CT molecular complexity index is 1210. The maximum Gasteiger partial charge on any atom is 0.258 e. The quantitative estimate of drug-likeness (QED) is 0.571. The van der Waals surface area contributed by atoms with E-state index in [-0.39, 0.29) is 5.56 Å². The standard InChI is InChI=1S/C24H22N2O3/c27-24-14-19(28-16-17-5-2-1-3-6-17)10-12-26(24)18-8-9-22-21(13-18)20-7-4-11-25-15-23(20)29-22/h1-3,5-6,8-10,12-14,25H,4,7,11,15-16H2. The fraction of sp³-hybridized carbons (Fsp3) is 0.208. The molecule has 0 fully saturated rings. The molecule has 1 N–H and O–H groups in total. The summed E-state index contributed by atoms with van der Waals surface area (Å²) in [5.74, 6) is 1.58. The molecule has 4 aromatic rings. The van der Waals surface area contributed by atoms with Gasteiger partial charge in [0.2, 0.25) is 0 Å². The van der Waals surface area contributed by atoms with Gasteiger partial charge in [0.1, 0.15) is 23.7 Å².